The van der Waals surface area contributed by atoms with Crippen molar-refractivity contribution in [1.29, 1.82) is 0 Å². The Balaban J connectivity index is 1.86. The van der Waals surface area contributed by atoms with Crippen LogP contribution in [0.2, 0.25) is 0 Å². The van der Waals surface area contributed by atoms with Crippen LogP contribution in [0.3, 0.4) is 0 Å². The highest BCUT2D eigenvalue weighted by molar-refractivity contribution is 5.75. The maximum atomic E-state index is 11.7. The average Bonchev–Trinajstić information content (AvgIpc) is 3.10. The first kappa shape index (κ1) is 20.8. The van der Waals surface area contributed by atoms with Gasteiger partial charge in [-0.05, 0) is 24.8 Å². The summed E-state index contributed by atoms with van der Waals surface area (Å²) in [4.78, 5) is 16.1. The van der Waals surface area contributed by atoms with Gasteiger partial charge in [0.2, 0.25) is 11.8 Å². The number of carbonyl (C=O) groups is 1. The van der Waals surface area contributed by atoms with Crippen molar-refractivity contribution in [3.63, 3.8) is 0 Å². The summed E-state index contributed by atoms with van der Waals surface area (Å²) in [6, 6.07) is 0. The minimum atomic E-state index is -0.412. The Kier molecular flexibility index (Phi) is 9.05. The molecule has 0 spiro atoms. The van der Waals surface area contributed by atoms with Crippen molar-refractivity contribution in [2.45, 2.75) is 84.1 Å². The molecular weight excluding hydrogens is 332 g/mol. The zero-order valence-electron chi connectivity index (χ0n) is 16.2. The second-order valence-electron chi connectivity index (χ2n) is 7.94. The number of nitrogens with zero attached hydrogens (tertiary/aromatic N) is 2. The molecule has 2 rings (SSSR count). The van der Waals surface area contributed by atoms with Gasteiger partial charge < -0.3 is 9.84 Å². The molecular formula is C19H34N4O3. The highest BCUT2D eigenvalue weighted by Crippen LogP contribution is 2.31. The molecule has 1 aliphatic rings. The Hall–Kier alpha value is -1.47. The summed E-state index contributed by atoms with van der Waals surface area (Å²) in [6.45, 7) is 5.74. The molecule has 0 bridgehead atoms. The quantitative estimate of drug-likeness (QED) is 0.409. The molecule has 3 N–H and O–H groups in total. The molecule has 1 heterocycles. The summed E-state index contributed by atoms with van der Waals surface area (Å²) in [7, 11) is 0. The maximum absolute atomic E-state index is 11.7. The van der Waals surface area contributed by atoms with Crippen LogP contribution in [0.15, 0.2) is 4.52 Å². The van der Waals surface area contributed by atoms with E-state index in [1.807, 2.05) is 0 Å². The molecule has 0 aliphatic heterocycles. The average molecular weight is 367 g/mol. The number of hydrogen-bond acceptors (Lipinski definition) is 6. The number of aromatic nitrogens is 2. The molecule has 1 aromatic rings. The van der Waals surface area contributed by atoms with Gasteiger partial charge in [0.05, 0.1) is 6.54 Å². The van der Waals surface area contributed by atoms with E-state index in [9.17, 15) is 4.79 Å². The summed E-state index contributed by atoms with van der Waals surface area (Å²) < 4.78 is 5.41. The lowest BCUT2D eigenvalue weighted by Gasteiger charge is -2.22. The van der Waals surface area contributed by atoms with E-state index in [1.165, 1.54) is 38.5 Å². The number of amides is 1. The lowest BCUT2D eigenvalue weighted by Crippen LogP contribution is -2.22. The summed E-state index contributed by atoms with van der Waals surface area (Å²) >= 11 is 0. The predicted octanol–water partition coefficient (Wildman–Crippen LogP) is 3.54. The van der Waals surface area contributed by atoms with E-state index >= 15 is 0 Å². The third kappa shape index (κ3) is 7.41. The Morgan fingerprint density at radius 1 is 1.31 bits per heavy atom. The summed E-state index contributed by atoms with van der Waals surface area (Å²) in [5, 5.41) is 16.2. The first-order chi connectivity index (χ1) is 12.6. The van der Waals surface area contributed by atoms with Gasteiger partial charge in [-0.15, -0.1) is 0 Å². The molecule has 26 heavy (non-hydrogen) atoms. The van der Waals surface area contributed by atoms with Crippen molar-refractivity contribution in [2.75, 3.05) is 6.54 Å². The van der Waals surface area contributed by atoms with Crippen molar-refractivity contribution < 1.29 is 14.5 Å². The fraction of sp³-hybridized carbons (Fsp3) is 0.842. The fourth-order valence-corrected chi connectivity index (χ4v) is 3.69. The van der Waals surface area contributed by atoms with Crippen LogP contribution in [-0.4, -0.2) is 27.8 Å². The fourth-order valence-electron chi connectivity index (χ4n) is 3.69. The third-order valence-corrected chi connectivity index (χ3v) is 5.11. The van der Waals surface area contributed by atoms with Gasteiger partial charge in [-0.1, -0.05) is 63.9 Å². The topological polar surface area (TPSA) is 100 Å². The molecule has 1 aromatic heterocycles. The Morgan fingerprint density at radius 3 is 2.77 bits per heavy atom. The van der Waals surface area contributed by atoms with Crippen LogP contribution in [0.1, 0.15) is 89.3 Å². The van der Waals surface area contributed by atoms with E-state index in [-0.39, 0.29) is 12.3 Å². The molecule has 7 nitrogen and oxygen atoms in total. The zero-order valence-corrected chi connectivity index (χ0v) is 16.2. The summed E-state index contributed by atoms with van der Waals surface area (Å²) in [5.41, 5.74) is 1.72. The number of hydroxylamine groups is 1. The standard InChI is InChI=1S/C19H34N4O3/c1-14(2)12-20-13-17-21-19(26-23-17)16(11-18(24)22-25)10-6-9-15-7-4-3-5-8-15/h14-16,20,25H,3-13H2,1-2H3,(H,22,24)/t16-/m1/s1. The maximum Gasteiger partial charge on any atom is 0.244 e. The second-order valence-corrected chi connectivity index (χ2v) is 7.94. The molecule has 1 atom stereocenters. The van der Waals surface area contributed by atoms with Crippen molar-refractivity contribution in [1.82, 2.24) is 20.9 Å². The van der Waals surface area contributed by atoms with Crippen LogP contribution in [0.25, 0.3) is 0 Å². The van der Waals surface area contributed by atoms with Gasteiger partial charge in [-0.3, -0.25) is 10.0 Å². The summed E-state index contributed by atoms with van der Waals surface area (Å²) in [6.07, 6.45) is 9.93. The second kappa shape index (κ2) is 11.3. The van der Waals surface area contributed by atoms with Crippen LogP contribution in [0, 0.1) is 11.8 Å². The zero-order chi connectivity index (χ0) is 18.8. The van der Waals surface area contributed by atoms with Gasteiger partial charge in [0.1, 0.15) is 0 Å². The minimum Gasteiger partial charge on any atom is -0.339 e. The smallest absolute Gasteiger partial charge is 0.244 e. The van der Waals surface area contributed by atoms with Crippen LogP contribution in [0.5, 0.6) is 0 Å². The van der Waals surface area contributed by atoms with E-state index in [4.69, 9.17) is 9.73 Å². The third-order valence-electron chi connectivity index (χ3n) is 5.11. The number of nitrogens with one attached hydrogen (secondary N) is 2. The lowest BCUT2D eigenvalue weighted by molar-refractivity contribution is -0.129. The molecule has 1 amide bonds. The van der Waals surface area contributed by atoms with Gasteiger partial charge in [0.15, 0.2) is 5.82 Å². The van der Waals surface area contributed by atoms with E-state index in [2.05, 4.69) is 29.3 Å². The van der Waals surface area contributed by atoms with E-state index < -0.39 is 5.91 Å². The number of hydrogen-bond donors (Lipinski definition) is 3. The molecule has 1 fully saturated rings. The Bertz CT molecular complexity index is 527. The molecule has 0 aromatic carbocycles. The van der Waals surface area contributed by atoms with Gasteiger partial charge in [0, 0.05) is 12.3 Å². The minimum absolute atomic E-state index is 0.142. The summed E-state index contributed by atoms with van der Waals surface area (Å²) in [5.74, 6) is 1.93. The highest BCUT2D eigenvalue weighted by atomic mass is 16.5. The number of carbonyl (C=O) groups excluding carboxylic acids is 1. The molecule has 0 radical (unpaired) electrons. The monoisotopic (exact) mass is 366 g/mol. The van der Waals surface area contributed by atoms with E-state index in [0.717, 1.165) is 25.3 Å². The SMILES string of the molecule is CC(C)CNCc1noc([C@H](CCCC2CCCCC2)CC(=O)NO)n1. The van der Waals surface area contributed by atoms with Crippen LogP contribution in [-0.2, 0) is 11.3 Å². The first-order valence-electron chi connectivity index (χ1n) is 10.0. The molecule has 7 heteroatoms. The molecule has 0 saturated heterocycles. The van der Waals surface area contributed by atoms with Crippen LogP contribution < -0.4 is 10.8 Å². The molecule has 148 valence electrons. The van der Waals surface area contributed by atoms with Crippen LogP contribution >= 0.6 is 0 Å². The Labute approximate surface area is 156 Å². The van der Waals surface area contributed by atoms with E-state index in [1.54, 1.807) is 5.48 Å². The highest BCUT2D eigenvalue weighted by Gasteiger charge is 2.23. The van der Waals surface area contributed by atoms with E-state index in [0.29, 0.717) is 24.2 Å². The van der Waals surface area contributed by atoms with Gasteiger partial charge in [-0.25, -0.2) is 5.48 Å². The van der Waals surface area contributed by atoms with Crippen molar-refractivity contribution >= 4 is 5.91 Å². The first-order valence-corrected chi connectivity index (χ1v) is 10.0. The number of rotatable bonds is 11. The normalized spacial score (nSPS) is 16.8. The van der Waals surface area contributed by atoms with Crippen molar-refractivity contribution in [2.24, 2.45) is 11.8 Å². The van der Waals surface area contributed by atoms with Gasteiger partial charge in [-0.2, -0.15) is 4.98 Å². The molecule has 1 aliphatic carbocycles. The van der Waals surface area contributed by atoms with Gasteiger partial charge in [0.25, 0.3) is 0 Å². The Morgan fingerprint density at radius 2 is 2.08 bits per heavy atom. The van der Waals surface area contributed by atoms with Crippen LogP contribution in [0.4, 0.5) is 0 Å². The molecule has 1 saturated carbocycles. The largest absolute Gasteiger partial charge is 0.339 e. The predicted molar refractivity (Wildman–Crippen MR) is 98.6 cm³/mol. The molecule has 0 unspecified atom stereocenters. The van der Waals surface area contributed by atoms with Crippen molar-refractivity contribution in [3.05, 3.63) is 11.7 Å². The van der Waals surface area contributed by atoms with Gasteiger partial charge >= 0.3 is 0 Å². The lowest BCUT2D eigenvalue weighted by atomic mass is 9.84. The van der Waals surface area contributed by atoms with Crippen molar-refractivity contribution in [3.8, 4) is 0 Å².